The molecular formula is C8H4F2N2O2. The number of halogens is 2. The largest absolute Gasteiger partial charge is 0.434 e. The van der Waals surface area contributed by atoms with Crippen LogP contribution in [0.2, 0.25) is 0 Å². The van der Waals surface area contributed by atoms with Gasteiger partial charge in [-0.2, -0.15) is 0 Å². The number of nitrogens with one attached hydrogen (secondary N) is 1. The van der Waals surface area contributed by atoms with Crippen LogP contribution in [-0.2, 0) is 0 Å². The summed E-state index contributed by atoms with van der Waals surface area (Å²) in [6.07, 6.45) is 0. The summed E-state index contributed by atoms with van der Waals surface area (Å²) in [6, 6.07) is 2.75. The first kappa shape index (κ1) is 8.61. The molecule has 0 unspecified atom stereocenters. The second kappa shape index (κ2) is 3.06. The van der Waals surface area contributed by atoms with Gasteiger partial charge >= 0.3 is 5.76 Å². The molecule has 72 valence electrons. The first-order valence-corrected chi connectivity index (χ1v) is 3.67. The molecule has 0 aliphatic rings. The quantitative estimate of drug-likeness (QED) is 0.751. The number of hydrogen-bond acceptors (Lipinski definition) is 3. The van der Waals surface area contributed by atoms with Gasteiger partial charge in [0.15, 0.2) is 0 Å². The summed E-state index contributed by atoms with van der Waals surface area (Å²) in [7, 11) is 0. The van der Waals surface area contributed by atoms with Crippen LogP contribution >= 0.6 is 0 Å². The Morgan fingerprint density at radius 2 is 1.86 bits per heavy atom. The summed E-state index contributed by atoms with van der Waals surface area (Å²) in [5.41, 5.74) is 0.0702. The fraction of sp³-hybridized carbons (Fsp3) is 0. The van der Waals surface area contributed by atoms with Gasteiger partial charge in [-0.3, -0.25) is 0 Å². The predicted molar refractivity (Wildman–Crippen MR) is 42.5 cm³/mol. The number of H-pyrrole nitrogens is 1. The van der Waals surface area contributed by atoms with Crippen molar-refractivity contribution in [1.82, 2.24) is 10.2 Å². The lowest BCUT2D eigenvalue weighted by atomic mass is 10.2. The maximum Gasteiger partial charge on any atom is 0.434 e. The summed E-state index contributed by atoms with van der Waals surface area (Å²) in [5.74, 6) is -2.44. The molecule has 6 heteroatoms. The van der Waals surface area contributed by atoms with Gasteiger partial charge in [-0.25, -0.2) is 18.7 Å². The van der Waals surface area contributed by atoms with Gasteiger partial charge in [0, 0.05) is 11.6 Å². The molecule has 1 heterocycles. The van der Waals surface area contributed by atoms with Crippen LogP contribution in [-0.4, -0.2) is 10.2 Å². The minimum atomic E-state index is -0.773. The SMILES string of the molecule is O=c1[nH]nc(-c2cc(F)cc(F)c2)o1. The molecule has 4 nitrogen and oxygen atoms in total. The number of aromatic nitrogens is 2. The highest BCUT2D eigenvalue weighted by Gasteiger charge is 2.08. The highest BCUT2D eigenvalue weighted by molar-refractivity contribution is 5.52. The number of nitrogens with zero attached hydrogens (tertiary/aromatic N) is 1. The van der Waals surface area contributed by atoms with Crippen molar-refractivity contribution in [1.29, 1.82) is 0 Å². The van der Waals surface area contributed by atoms with Gasteiger partial charge in [0.1, 0.15) is 11.6 Å². The summed E-state index contributed by atoms with van der Waals surface area (Å²) in [6.45, 7) is 0. The van der Waals surface area contributed by atoms with Crippen LogP contribution in [0.3, 0.4) is 0 Å². The van der Waals surface area contributed by atoms with Gasteiger partial charge in [0.25, 0.3) is 0 Å². The van der Waals surface area contributed by atoms with Crippen molar-refractivity contribution in [2.45, 2.75) is 0 Å². The molecule has 0 fully saturated rings. The van der Waals surface area contributed by atoms with E-state index in [1.54, 1.807) is 0 Å². The second-order valence-electron chi connectivity index (χ2n) is 2.58. The van der Waals surface area contributed by atoms with Gasteiger partial charge in [-0.15, -0.1) is 5.10 Å². The van der Waals surface area contributed by atoms with Gasteiger partial charge in [0.2, 0.25) is 5.89 Å². The molecule has 2 aromatic rings. The van der Waals surface area contributed by atoms with Gasteiger partial charge < -0.3 is 4.42 Å². The van der Waals surface area contributed by atoms with Crippen LogP contribution in [0.25, 0.3) is 11.5 Å². The molecule has 0 aliphatic carbocycles. The van der Waals surface area contributed by atoms with Crippen LogP contribution in [0.15, 0.2) is 27.4 Å². The van der Waals surface area contributed by atoms with Crippen molar-refractivity contribution in [2.75, 3.05) is 0 Å². The Hall–Kier alpha value is -1.98. The van der Waals surface area contributed by atoms with Crippen molar-refractivity contribution >= 4 is 0 Å². The molecule has 1 aromatic heterocycles. The molecule has 1 aromatic carbocycles. The number of hydrogen-bond donors (Lipinski definition) is 1. The highest BCUT2D eigenvalue weighted by Crippen LogP contribution is 2.17. The summed E-state index contributed by atoms with van der Waals surface area (Å²) >= 11 is 0. The molecule has 1 N–H and O–H groups in total. The van der Waals surface area contributed by atoms with E-state index in [1.807, 2.05) is 5.10 Å². The van der Waals surface area contributed by atoms with E-state index in [0.29, 0.717) is 6.07 Å². The van der Waals surface area contributed by atoms with Crippen molar-refractivity contribution < 1.29 is 13.2 Å². The standard InChI is InChI=1S/C8H4F2N2O2/c9-5-1-4(2-6(10)3-5)7-11-12-8(13)14-7/h1-3H,(H,12,13). The first-order valence-electron chi connectivity index (χ1n) is 3.67. The summed E-state index contributed by atoms with van der Waals surface area (Å²) in [5, 5.41) is 5.42. The van der Waals surface area contributed by atoms with Gasteiger partial charge in [-0.1, -0.05) is 0 Å². The molecule has 0 spiro atoms. The zero-order chi connectivity index (χ0) is 10.1. The molecule has 0 bridgehead atoms. The average Bonchev–Trinajstić information content (AvgIpc) is 2.50. The number of benzene rings is 1. The fourth-order valence-corrected chi connectivity index (χ4v) is 1.03. The van der Waals surface area contributed by atoms with E-state index in [1.165, 1.54) is 0 Å². The zero-order valence-corrected chi connectivity index (χ0v) is 6.75. The fourth-order valence-electron chi connectivity index (χ4n) is 1.03. The molecular weight excluding hydrogens is 194 g/mol. The van der Waals surface area contributed by atoms with Crippen LogP contribution in [0.5, 0.6) is 0 Å². The van der Waals surface area contributed by atoms with Crippen LogP contribution in [0.1, 0.15) is 0 Å². The predicted octanol–water partition coefficient (Wildman–Crippen LogP) is 1.31. The highest BCUT2D eigenvalue weighted by atomic mass is 19.1. The molecule has 2 rings (SSSR count). The summed E-state index contributed by atoms with van der Waals surface area (Å²) in [4.78, 5) is 10.6. The van der Waals surface area contributed by atoms with Crippen LogP contribution < -0.4 is 5.76 Å². The Morgan fingerprint density at radius 3 is 2.36 bits per heavy atom. The third-order valence-corrected chi connectivity index (χ3v) is 1.55. The average molecular weight is 198 g/mol. The monoisotopic (exact) mass is 198 g/mol. The molecule has 0 saturated carbocycles. The smallest absolute Gasteiger partial charge is 0.388 e. The minimum Gasteiger partial charge on any atom is -0.388 e. The van der Waals surface area contributed by atoms with Gasteiger partial charge in [0.05, 0.1) is 0 Å². The number of aromatic amines is 1. The third kappa shape index (κ3) is 1.54. The normalized spacial score (nSPS) is 10.4. The molecule has 0 atom stereocenters. The Morgan fingerprint density at radius 1 is 1.21 bits per heavy atom. The van der Waals surface area contributed by atoms with Gasteiger partial charge in [-0.05, 0) is 12.1 Å². The topological polar surface area (TPSA) is 58.9 Å². The summed E-state index contributed by atoms with van der Waals surface area (Å²) < 4.78 is 30.0. The first-order chi connectivity index (χ1) is 6.65. The maximum atomic E-state index is 12.7. The maximum absolute atomic E-state index is 12.7. The molecule has 0 saturated heterocycles. The zero-order valence-electron chi connectivity index (χ0n) is 6.75. The molecule has 0 amide bonds. The third-order valence-electron chi connectivity index (χ3n) is 1.55. The molecule has 0 radical (unpaired) electrons. The van der Waals surface area contributed by atoms with Crippen molar-refractivity contribution in [3.8, 4) is 11.5 Å². The van der Waals surface area contributed by atoms with E-state index < -0.39 is 17.4 Å². The second-order valence-corrected chi connectivity index (χ2v) is 2.58. The number of rotatable bonds is 1. The van der Waals surface area contributed by atoms with E-state index in [4.69, 9.17) is 0 Å². The van der Waals surface area contributed by atoms with E-state index >= 15 is 0 Å². The van der Waals surface area contributed by atoms with Crippen molar-refractivity contribution in [2.24, 2.45) is 0 Å². The lowest BCUT2D eigenvalue weighted by Crippen LogP contribution is -1.93. The van der Waals surface area contributed by atoms with Crippen LogP contribution in [0.4, 0.5) is 8.78 Å². The Kier molecular flexibility index (Phi) is 1.88. The lowest BCUT2D eigenvalue weighted by molar-refractivity contribution is 0.524. The Bertz CT molecular complexity index is 498. The van der Waals surface area contributed by atoms with E-state index in [2.05, 4.69) is 9.52 Å². The Labute approximate surface area is 76.2 Å². The lowest BCUT2D eigenvalue weighted by Gasteiger charge is -1.94. The molecule has 14 heavy (non-hydrogen) atoms. The van der Waals surface area contributed by atoms with Crippen molar-refractivity contribution in [3.05, 3.63) is 40.4 Å². The Balaban J connectivity index is 2.56. The van der Waals surface area contributed by atoms with E-state index in [0.717, 1.165) is 12.1 Å². The van der Waals surface area contributed by atoms with Crippen molar-refractivity contribution in [3.63, 3.8) is 0 Å². The minimum absolute atomic E-state index is 0.0702. The van der Waals surface area contributed by atoms with E-state index in [-0.39, 0.29) is 11.5 Å². The molecule has 0 aliphatic heterocycles. The van der Waals surface area contributed by atoms with Crippen LogP contribution in [0, 0.1) is 11.6 Å². The van der Waals surface area contributed by atoms with E-state index in [9.17, 15) is 13.6 Å².